The van der Waals surface area contributed by atoms with Gasteiger partial charge in [0.25, 0.3) is 0 Å². The summed E-state index contributed by atoms with van der Waals surface area (Å²) in [6, 6.07) is 11.3. The van der Waals surface area contributed by atoms with Gasteiger partial charge < -0.3 is 5.32 Å². The van der Waals surface area contributed by atoms with Gasteiger partial charge in [0.15, 0.2) is 11.6 Å². The lowest BCUT2D eigenvalue weighted by atomic mass is 9.83. The number of carbonyl (C=O) groups excluding carboxylic acids is 4. The van der Waals surface area contributed by atoms with Crippen molar-refractivity contribution in [2.75, 3.05) is 12.3 Å². The van der Waals surface area contributed by atoms with E-state index < -0.39 is 0 Å². The van der Waals surface area contributed by atoms with Gasteiger partial charge >= 0.3 is 0 Å². The quantitative estimate of drug-likeness (QED) is 0.729. The van der Waals surface area contributed by atoms with Crippen molar-refractivity contribution in [1.82, 2.24) is 5.32 Å². The lowest BCUT2D eigenvalue weighted by Crippen LogP contribution is -2.23. The fourth-order valence-corrected chi connectivity index (χ4v) is 3.36. The molecule has 3 rings (SSSR count). The molecule has 0 spiro atoms. The van der Waals surface area contributed by atoms with Crippen molar-refractivity contribution in [2.24, 2.45) is 0 Å². The Labute approximate surface area is 148 Å². The highest BCUT2D eigenvalue weighted by Gasteiger charge is 2.29. The van der Waals surface area contributed by atoms with Gasteiger partial charge in [-0.15, -0.1) is 0 Å². The SMILES string of the molecule is CC(=O)NCCSC(=O)c1ccc2c(c1)C(=O)c1ccccc1C2=O. The zero-order chi connectivity index (χ0) is 18.0. The Morgan fingerprint density at radius 3 is 2.16 bits per heavy atom. The fourth-order valence-electron chi connectivity index (χ4n) is 2.68. The Bertz CT molecular complexity index is 904. The van der Waals surface area contributed by atoms with Crippen LogP contribution in [0.5, 0.6) is 0 Å². The Balaban J connectivity index is 1.82. The van der Waals surface area contributed by atoms with E-state index in [1.807, 2.05) is 0 Å². The van der Waals surface area contributed by atoms with Gasteiger partial charge in [0.05, 0.1) is 0 Å². The van der Waals surface area contributed by atoms with Crippen LogP contribution in [0.1, 0.15) is 49.1 Å². The van der Waals surface area contributed by atoms with Gasteiger partial charge in [-0.05, 0) is 18.2 Å². The summed E-state index contributed by atoms with van der Waals surface area (Å²) in [5.41, 5.74) is 1.71. The smallest absolute Gasteiger partial charge is 0.219 e. The van der Waals surface area contributed by atoms with Crippen LogP contribution in [-0.2, 0) is 4.79 Å². The van der Waals surface area contributed by atoms with Crippen LogP contribution in [0.4, 0.5) is 0 Å². The number of fused-ring (bicyclic) bond motifs is 2. The molecule has 0 bridgehead atoms. The molecule has 0 radical (unpaired) electrons. The maximum absolute atomic E-state index is 12.6. The zero-order valence-electron chi connectivity index (χ0n) is 13.5. The van der Waals surface area contributed by atoms with Crippen molar-refractivity contribution in [3.05, 3.63) is 70.3 Å². The lowest BCUT2D eigenvalue weighted by Gasteiger charge is -2.17. The molecule has 0 atom stereocenters. The molecule has 126 valence electrons. The van der Waals surface area contributed by atoms with Crippen molar-refractivity contribution in [2.45, 2.75) is 6.92 Å². The predicted molar refractivity (Wildman–Crippen MR) is 95.2 cm³/mol. The molecule has 2 aromatic rings. The largest absolute Gasteiger partial charge is 0.356 e. The summed E-state index contributed by atoms with van der Waals surface area (Å²) in [5.74, 6) is -0.166. The standard InChI is InChI=1S/C19H15NO4S/c1-11(21)20-8-9-25-19(24)12-6-7-15-16(10-12)18(23)14-5-3-2-4-13(14)17(15)22/h2-7,10H,8-9H2,1H3,(H,20,21). The highest BCUT2D eigenvalue weighted by molar-refractivity contribution is 8.14. The summed E-state index contributed by atoms with van der Waals surface area (Å²) in [5, 5.41) is 2.41. The number of amides is 1. The third-order valence-electron chi connectivity index (χ3n) is 3.87. The molecular formula is C19H15NO4S. The van der Waals surface area contributed by atoms with E-state index in [-0.39, 0.29) is 28.2 Å². The Kier molecular flexibility index (Phi) is 4.81. The van der Waals surface area contributed by atoms with Crippen molar-refractivity contribution in [3.8, 4) is 0 Å². The zero-order valence-corrected chi connectivity index (χ0v) is 14.3. The van der Waals surface area contributed by atoms with E-state index in [0.29, 0.717) is 34.6 Å². The van der Waals surface area contributed by atoms with E-state index in [1.54, 1.807) is 30.3 Å². The van der Waals surface area contributed by atoms with E-state index in [0.717, 1.165) is 11.8 Å². The van der Waals surface area contributed by atoms with Gasteiger partial charge in [0.2, 0.25) is 11.0 Å². The van der Waals surface area contributed by atoms with Gasteiger partial charge in [-0.1, -0.05) is 36.0 Å². The minimum atomic E-state index is -0.247. The molecule has 0 aliphatic heterocycles. The third kappa shape index (κ3) is 3.39. The topological polar surface area (TPSA) is 80.3 Å². The predicted octanol–water partition coefficient (Wildman–Crippen LogP) is 2.47. The molecule has 1 aliphatic carbocycles. The maximum Gasteiger partial charge on any atom is 0.219 e. The first-order valence-corrected chi connectivity index (χ1v) is 8.71. The number of hydrogen-bond acceptors (Lipinski definition) is 5. The summed E-state index contributed by atoms with van der Waals surface area (Å²) in [6.07, 6.45) is 0. The normalized spacial score (nSPS) is 12.4. The van der Waals surface area contributed by atoms with Crippen LogP contribution in [0.25, 0.3) is 0 Å². The summed E-state index contributed by atoms with van der Waals surface area (Å²) < 4.78 is 0. The molecule has 0 aromatic heterocycles. The van der Waals surface area contributed by atoms with Crippen LogP contribution in [0.3, 0.4) is 0 Å². The van der Waals surface area contributed by atoms with Crippen LogP contribution in [0.2, 0.25) is 0 Å². The van der Waals surface area contributed by atoms with Gasteiger partial charge in [-0.3, -0.25) is 19.2 Å². The minimum absolute atomic E-state index is 0.149. The monoisotopic (exact) mass is 353 g/mol. The summed E-state index contributed by atoms with van der Waals surface area (Å²) in [4.78, 5) is 48.2. The minimum Gasteiger partial charge on any atom is -0.356 e. The summed E-state index contributed by atoms with van der Waals surface area (Å²) in [7, 11) is 0. The molecular weight excluding hydrogens is 338 g/mol. The average molecular weight is 353 g/mol. The van der Waals surface area contributed by atoms with Gasteiger partial charge in [0, 0.05) is 47.0 Å². The molecule has 0 heterocycles. The van der Waals surface area contributed by atoms with Crippen molar-refractivity contribution < 1.29 is 19.2 Å². The molecule has 5 nitrogen and oxygen atoms in total. The second kappa shape index (κ2) is 7.03. The molecule has 1 aliphatic rings. The van der Waals surface area contributed by atoms with Gasteiger partial charge in [0.1, 0.15) is 0 Å². The molecule has 0 saturated heterocycles. The lowest BCUT2D eigenvalue weighted by molar-refractivity contribution is -0.118. The second-order valence-electron chi connectivity index (χ2n) is 5.58. The Morgan fingerprint density at radius 2 is 1.52 bits per heavy atom. The van der Waals surface area contributed by atoms with E-state index in [2.05, 4.69) is 5.32 Å². The van der Waals surface area contributed by atoms with E-state index in [9.17, 15) is 19.2 Å². The number of benzene rings is 2. The Hall–Kier alpha value is -2.73. The molecule has 6 heteroatoms. The molecule has 0 unspecified atom stereocenters. The van der Waals surface area contributed by atoms with Gasteiger partial charge in [-0.25, -0.2) is 0 Å². The highest BCUT2D eigenvalue weighted by Crippen LogP contribution is 2.28. The number of ketones is 2. The fraction of sp³-hybridized carbons (Fsp3) is 0.158. The molecule has 1 N–H and O–H groups in total. The van der Waals surface area contributed by atoms with Gasteiger partial charge in [-0.2, -0.15) is 0 Å². The number of nitrogens with one attached hydrogen (secondary N) is 1. The molecule has 1 amide bonds. The number of rotatable bonds is 4. The second-order valence-corrected chi connectivity index (χ2v) is 6.65. The van der Waals surface area contributed by atoms with E-state index >= 15 is 0 Å². The van der Waals surface area contributed by atoms with Crippen LogP contribution in [0, 0.1) is 0 Å². The van der Waals surface area contributed by atoms with Crippen LogP contribution in [0.15, 0.2) is 42.5 Å². The first-order valence-electron chi connectivity index (χ1n) is 7.73. The number of thioether (sulfide) groups is 1. The number of carbonyl (C=O) groups is 4. The Morgan fingerprint density at radius 1 is 0.920 bits per heavy atom. The van der Waals surface area contributed by atoms with Crippen LogP contribution >= 0.6 is 11.8 Å². The maximum atomic E-state index is 12.6. The van der Waals surface area contributed by atoms with Crippen molar-refractivity contribution >= 4 is 34.4 Å². The van der Waals surface area contributed by atoms with Crippen molar-refractivity contribution in [1.29, 1.82) is 0 Å². The van der Waals surface area contributed by atoms with Crippen molar-refractivity contribution in [3.63, 3.8) is 0 Å². The van der Waals surface area contributed by atoms with E-state index in [4.69, 9.17) is 0 Å². The first kappa shape index (κ1) is 17.1. The number of hydrogen-bond donors (Lipinski definition) is 1. The van der Waals surface area contributed by atoms with E-state index in [1.165, 1.54) is 19.1 Å². The van der Waals surface area contributed by atoms with Crippen LogP contribution in [-0.4, -0.2) is 34.9 Å². The molecule has 0 fully saturated rings. The third-order valence-corrected chi connectivity index (χ3v) is 4.78. The molecule has 0 saturated carbocycles. The summed E-state index contributed by atoms with van der Waals surface area (Å²) in [6.45, 7) is 1.80. The molecule has 2 aromatic carbocycles. The first-order chi connectivity index (χ1) is 12.0. The van der Waals surface area contributed by atoms with Crippen LogP contribution < -0.4 is 5.32 Å². The molecule has 25 heavy (non-hydrogen) atoms. The average Bonchev–Trinajstić information content (AvgIpc) is 2.62. The highest BCUT2D eigenvalue weighted by atomic mass is 32.2. The summed E-state index contributed by atoms with van der Waals surface area (Å²) >= 11 is 1.06.